The molecule has 0 bridgehead atoms. The van der Waals surface area contributed by atoms with Gasteiger partial charge in [0.25, 0.3) is 5.92 Å². The maximum Gasteiger partial charge on any atom is 0.493 e. The normalized spacial score (nSPS) is 19.3. The summed E-state index contributed by atoms with van der Waals surface area (Å²) in [4.78, 5) is 59.6. The van der Waals surface area contributed by atoms with Crippen molar-refractivity contribution >= 4 is 0 Å². The zero-order valence-corrected chi connectivity index (χ0v) is 14.5. The van der Waals surface area contributed by atoms with E-state index in [0.717, 1.165) is 24.3 Å². The van der Waals surface area contributed by atoms with E-state index < -0.39 is 70.9 Å². The average molecular weight is 430 g/mol. The van der Waals surface area contributed by atoms with E-state index in [1.54, 1.807) is 0 Å². The molecule has 1 saturated carbocycles. The fourth-order valence-electron chi connectivity index (χ4n) is 3.79. The van der Waals surface area contributed by atoms with E-state index in [1.165, 1.54) is 6.07 Å². The summed E-state index contributed by atoms with van der Waals surface area (Å²) in [5.41, 5.74) is -12.6. The average Bonchev–Trinajstić information content (AvgIpc) is 2.66. The van der Waals surface area contributed by atoms with Gasteiger partial charge in [-0.2, -0.15) is 0 Å². The first-order valence-electron chi connectivity index (χ1n) is 7.72. The Kier molecular flexibility index (Phi) is 5.04. The number of benzene rings is 1. The molecule has 0 aliphatic heterocycles. The molecule has 2 rings (SSSR count). The molecule has 30 heavy (non-hydrogen) atoms. The molecule has 0 amide bonds. The predicted octanol–water partition coefficient (Wildman–Crippen LogP) is 0.313. The van der Waals surface area contributed by atoms with Crippen molar-refractivity contribution in [2.24, 2.45) is 0 Å². The quantitative estimate of drug-likeness (QED) is 0.321. The first-order chi connectivity index (χ1) is 13.8. The minimum atomic E-state index is -4.03. The first kappa shape index (κ1) is 21.9. The fraction of sp³-hybridized carbons (Fsp3) is 0.500. The van der Waals surface area contributed by atoms with Crippen LogP contribution >= 0.6 is 0 Å². The van der Waals surface area contributed by atoms with E-state index in [1.807, 2.05) is 0 Å². The van der Waals surface area contributed by atoms with Crippen molar-refractivity contribution in [2.75, 3.05) is 0 Å². The van der Waals surface area contributed by atoms with Crippen LogP contribution in [0.2, 0.25) is 0 Å². The van der Waals surface area contributed by atoms with Crippen LogP contribution in [0.3, 0.4) is 0 Å². The Morgan fingerprint density at radius 3 is 1.20 bits per heavy atom. The van der Waals surface area contributed by atoms with Crippen molar-refractivity contribution in [3.05, 3.63) is 96.6 Å². The molecular formula is C12H10N6O12. The van der Waals surface area contributed by atoms with Crippen LogP contribution in [0.25, 0.3) is 0 Å². The van der Waals surface area contributed by atoms with Crippen LogP contribution in [0, 0.1) is 60.7 Å². The molecule has 0 aromatic heterocycles. The van der Waals surface area contributed by atoms with Gasteiger partial charge in [0.1, 0.15) is 19.7 Å². The van der Waals surface area contributed by atoms with E-state index in [4.69, 9.17) is 0 Å². The van der Waals surface area contributed by atoms with Crippen LogP contribution in [-0.2, 0) is 0 Å². The van der Waals surface area contributed by atoms with Crippen molar-refractivity contribution in [3.8, 4) is 0 Å². The van der Waals surface area contributed by atoms with E-state index >= 15 is 0 Å². The number of nitro groups is 6. The van der Waals surface area contributed by atoms with Crippen molar-refractivity contribution < 1.29 is 29.5 Å². The van der Waals surface area contributed by atoms with Crippen LogP contribution in [-0.4, -0.2) is 46.5 Å². The molecule has 18 nitrogen and oxygen atoms in total. The second-order valence-corrected chi connectivity index (χ2v) is 6.48. The van der Waals surface area contributed by atoms with E-state index in [9.17, 15) is 60.7 Å². The van der Waals surface area contributed by atoms with Crippen LogP contribution < -0.4 is 0 Å². The molecule has 18 heteroatoms. The van der Waals surface area contributed by atoms with E-state index in [0.29, 0.717) is 0 Å². The summed E-state index contributed by atoms with van der Waals surface area (Å²) >= 11 is 0. The van der Waals surface area contributed by atoms with Gasteiger partial charge in [0, 0.05) is 0 Å². The second kappa shape index (κ2) is 6.90. The third-order valence-corrected chi connectivity index (χ3v) is 5.09. The summed E-state index contributed by atoms with van der Waals surface area (Å²) in [6, 6.07) is 5.31. The van der Waals surface area contributed by atoms with Crippen molar-refractivity contribution in [1.29, 1.82) is 0 Å². The van der Waals surface area contributed by atoms with Gasteiger partial charge in [-0.15, -0.1) is 0 Å². The summed E-state index contributed by atoms with van der Waals surface area (Å²) in [6.45, 7) is 0. The lowest BCUT2D eigenvalue weighted by Crippen LogP contribution is -2.75. The highest BCUT2D eigenvalue weighted by Gasteiger charge is 2.94. The van der Waals surface area contributed by atoms with Crippen LogP contribution in [0.15, 0.2) is 30.3 Å². The Bertz CT molecular complexity index is 878. The zero-order valence-electron chi connectivity index (χ0n) is 14.5. The monoisotopic (exact) mass is 430 g/mol. The molecule has 0 radical (unpaired) electrons. The molecule has 0 N–H and O–H groups in total. The van der Waals surface area contributed by atoms with Crippen molar-refractivity contribution in [1.82, 2.24) is 0 Å². The molecule has 0 spiro atoms. The van der Waals surface area contributed by atoms with Gasteiger partial charge in [-0.25, -0.2) is 0 Å². The molecule has 1 aromatic carbocycles. The zero-order chi connectivity index (χ0) is 23.1. The number of nitrogens with zero attached hydrogens (tertiary/aromatic N) is 6. The Labute approximate surface area is 163 Å². The SMILES string of the molecule is O=[N+]([O-])C1([N+](=O)[O-])CC([N+](=O)[O-])([N+](=O)[O-])C(c2ccccc2)C([N+](=O)[O-])([N+](=O)[O-])C1. The smallest absolute Gasteiger partial charge is 0.258 e. The summed E-state index contributed by atoms with van der Waals surface area (Å²) in [5.74, 6) is -2.81. The summed E-state index contributed by atoms with van der Waals surface area (Å²) in [5, 5.41) is 70.4. The minimum absolute atomic E-state index is 0.625. The Hall–Kier alpha value is -4.38. The number of hydrogen-bond acceptors (Lipinski definition) is 12. The largest absolute Gasteiger partial charge is 0.493 e. The third-order valence-electron chi connectivity index (χ3n) is 5.09. The molecule has 0 heterocycles. The van der Waals surface area contributed by atoms with E-state index in [2.05, 4.69) is 0 Å². The van der Waals surface area contributed by atoms with Gasteiger partial charge in [-0.05, 0) is 5.56 Å². The number of rotatable bonds is 7. The lowest BCUT2D eigenvalue weighted by atomic mass is 9.64. The number of hydrogen-bond donors (Lipinski definition) is 0. The fourth-order valence-corrected chi connectivity index (χ4v) is 3.79. The molecule has 160 valence electrons. The minimum Gasteiger partial charge on any atom is -0.258 e. The summed E-state index contributed by atoms with van der Waals surface area (Å²) < 4.78 is 0. The molecule has 1 fully saturated rings. The predicted molar refractivity (Wildman–Crippen MR) is 88.6 cm³/mol. The first-order valence-corrected chi connectivity index (χ1v) is 7.72. The molecule has 0 unspecified atom stereocenters. The highest BCUT2D eigenvalue weighted by Crippen LogP contribution is 2.55. The topological polar surface area (TPSA) is 259 Å². The molecule has 0 saturated heterocycles. The van der Waals surface area contributed by atoms with Crippen LogP contribution in [0.4, 0.5) is 0 Å². The van der Waals surface area contributed by atoms with Gasteiger partial charge < -0.3 is 0 Å². The van der Waals surface area contributed by atoms with Crippen LogP contribution in [0.1, 0.15) is 24.3 Å². The summed E-state index contributed by atoms with van der Waals surface area (Å²) in [6.07, 6.45) is -4.11. The molecule has 1 aromatic rings. The molecule has 0 atom stereocenters. The van der Waals surface area contributed by atoms with Gasteiger partial charge in [0.05, 0.1) is 9.85 Å². The Morgan fingerprint density at radius 1 is 0.600 bits per heavy atom. The maximum atomic E-state index is 11.8. The maximum absolute atomic E-state index is 11.8. The van der Waals surface area contributed by atoms with Gasteiger partial charge in [0.15, 0.2) is 0 Å². The molecule has 1 aliphatic rings. The Balaban J connectivity index is 3.12. The van der Waals surface area contributed by atoms with Gasteiger partial charge in [-0.3, -0.25) is 60.7 Å². The van der Waals surface area contributed by atoms with Gasteiger partial charge >= 0.3 is 17.0 Å². The molecular weight excluding hydrogens is 420 g/mol. The molecule has 1 aliphatic carbocycles. The lowest BCUT2D eigenvalue weighted by Gasteiger charge is -2.36. The lowest BCUT2D eigenvalue weighted by molar-refractivity contribution is -0.906. The van der Waals surface area contributed by atoms with Gasteiger partial charge in [-0.1, -0.05) is 30.3 Å². The van der Waals surface area contributed by atoms with E-state index in [-0.39, 0.29) is 0 Å². The summed E-state index contributed by atoms with van der Waals surface area (Å²) in [7, 11) is 0. The Morgan fingerprint density at radius 2 is 0.933 bits per heavy atom. The van der Waals surface area contributed by atoms with Crippen molar-refractivity contribution in [3.63, 3.8) is 0 Å². The highest BCUT2D eigenvalue weighted by atomic mass is 16.7. The second-order valence-electron chi connectivity index (χ2n) is 6.48. The standard InChI is InChI=1S/C12H10N6O12/c19-13(20)10(14(21)22)6-11(15(23)24,16(25)26)9(8-4-2-1-3-5-8)12(7-10,17(27)28)18(29)30/h1-5,9H,6-7H2. The third kappa shape index (κ3) is 2.64. The van der Waals surface area contributed by atoms with Crippen molar-refractivity contribution in [2.45, 2.75) is 35.7 Å². The van der Waals surface area contributed by atoms with Crippen LogP contribution in [0.5, 0.6) is 0 Å². The highest BCUT2D eigenvalue weighted by molar-refractivity contribution is 5.26. The van der Waals surface area contributed by atoms with Gasteiger partial charge in [0.2, 0.25) is 12.8 Å².